The van der Waals surface area contributed by atoms with Gasteiger partial charge >= 0.3 is 0 Å². The Kier molecular flexibility index (Phi) is 3.28. The Bertz CT molecular complexity index is 946. The first-order chi connectivity index (χ1) is 12.2. The Hall–Kier alpha value is -2.46. The normalized spacial score (nSPS) is 21.5. The van der Waals surface area contributed by atoms with Gasteiger partial charge < -0.3 is 19.8 Å². The number of benzene rings is 2. The molecule has 5 rings (SSSR count). The zero-order chi connectivity index (χ0) is 16.9. The molecule has 0 fully saturated rings. The van der Waals surface area contributed by atoms with Crippen LogP contribution in [0.4, 0.5) is 0 Å². The molecule has 0 amide bonds. The summed E-state index contributed by atoms with van der Waals surface area (Å²) >= 11 is 0. The van der Waals surface area contributed by atoms with Gasteiger partial charge in [0.15, 0.2) is 11.5 Å². The van der Waals surface area contributed by atoms with E-state index >= 15 is 0 Å². The van der Waals surface area contributed by atoms with Gasteiger partial charge in [0.1, 0.15) is 0 Å². The highest BCUT2D eigenvalue weighted by Gasteiger charge is 2.34. The molecular weight excluding hydrogens is 312 g/mol. The number of aromatic amines is 1. The van der Waals surface area contributed by atoms with E-state index in [1.807, 2.05) is 6.07 Å². The third-order valence-electron chi connectivity index (χ3n) is 5.61. The molecule has 2 aliphatic rings. The van der Waals surface area contributed by atoms with Gasteiger partial charge in [0, 0.05) is 23.1 Å². The van der Waals surface area contributed by atoms with Crippen LogP contribution in [-0.4, -0.2) is 18.3 Å². The summed E-state index contributed by atoms with van der Waals surface area (Å²) in [5.41, 5.74) is 5.31. The molecule has 0 unspecified atom stereocenters. The standard InChI is InChI=1S/C21H22N2O2/c1-21(10-8-14-6-7-18-19(12-14)25-13-24-18)20-16(9-11-22-21)15-4-2-3-5-17(15)23-20/h2-7,12,22-23H,8-11,13H2,1H3/t21-/m1/s1. The predicted molar refractivity (Wildman–Crippen MR) is 98.2 cm³/mol. The minimum Gasteiger partial charge on any atom is -0.454 e. The summed E-state index contributed by atoms with van der Waals surface area (Å²) in [5.74, 6) is 1.72. The second kappa shape index (κ2) is 5.53. The fourth-order valence-electron chi connectivity index (χ4n) is 4.19. The molecule has 3 aromatic rings. The van der Waals surface area contributed by atoms with Gasteiger partial charge in [-0.05, 0) is 55.5 Å². The van der Waals surface area contributed by atoms with E-state index in [1.165, 1.54) is 27.7 Å². The fourth-order valence-corrected chi connectivity index (χ4v) is 4.19. The van der Waals surface area contributed by atoms with E-state index in [2.05, 4.69) is 53.6 Å². The number of fused-ring (bicyclic) bond motifs is 4. The van der Waals surface area contributed by atoms with Crippen LogP contribution in [0.25, 0.3) is 10.9 Å². The lowest BCUT2D eigenvalue weighted by molar-refractivity contribution is 0.174. The molecule has 1 atom stereocenters. The van der Waals surface area contributed by atoms with Gasteiger partial charge in [0.05, 0.1) is 5.54 Å². The first-order valence-corrected chi connectivity index (χ1v) is 8.97. The zero-order valence-corrected chi connectivity index (χ0v) is 14.4. The van der Waals surface area contributed by atoms with Crippen molar-refractivity contribution in [3.63, 3.8) is 0 Å². The second-order valence-corrected chi connectivity index (χ2v) is 7.22. The summed E-state index contributed by atoms with van der Waals surface area (Å²) < 4.78 is 10.9. The Morgan fingerprint density at radius 3 is 2.92 bits per heavy atom. The monoisotopic (exact) mass is 334 g/mol. The van der Waals surface area contributed by atoms with Crippen LogP contribution in [0.1, 0.15) is 30.2 Å². The minimum atomic E-state index is -0.0387. The molecule has 0 saturated carbocycles. The number of hydrogen-bond donors (Lipinski definition) is 2. The van der Waals surface area contributed by atoms with Gasteiger partial charge in [-0.15, -0.1) is 0 Å². The number of rotatable bonds is 3. The highest BCUT2D eigenvalue weighted by molar-refractivity contribution is 5.85. The summed E-state index contributed by atoms with van der Waals surface area (Å²) in [6.45, 7) is 3.66. The van der Waals surface area contributed by atoms with Gasteiger partial charge in [0.25, 0.3) is 0 Å². The van der Waals surface area contributed by atoms with E-state index in [-0.39, 0.29) is 5.54 Å². The van der Waals surface area contributed by atoms with E-state index in [4.69, 9.17) is 9.47 Å². The molecule has 4 nitrogen and oxygen atoms in total. The molecule has 0 bridgehead atoms. The highest BCUT2D eigenvalue weighted by atomic mass is 16.7. The van der Waals surface area contributed by atoms with E-state index < -0.39 is 0 Å². The van der Waals surface area contributed by atoms with Gasteiger partial charge in [-0.3, -0.25) is 0 Å². The number of ether oxygens (including phenoxy) is 2. The summed E-state index contributed by atoms with van der Waals surface area (Å²) in [4.78, 5) is 3.68. The van der Waals surface area contributed by atoms with Crippen LogP contribution in [-0.2, 0) is 18.4 Å². The van der Waals surface area contributed by atoms with Crippen molar-refractivity contribution < 1.29 is 9.47 Å². The maximum atomic E-state index is 5.51. The molecule has 0 radical (unpaired) electrons. The van der Waals surface area contributed by atoms with E-state index in [0.29, 0.717) is 6.79 Å². The minimum absolute atomic E-state index is 0.0387. The number of H-pyrrole nitrogens is 1. The predicted octanol–water partition coefficient (Wildman–Crippen LogP) is 3.89. The smallest absolute Gasteiger partial charge is 0.231 e. The Labute approximate surface area is 147 Å². The van der Waals surface area contributed by atoms with Gasteiger partial charge in [-0.1, -0.05) is 24.3 Å². The van der Waals surface area contributed by atoms with Crippen molar-refractivity contribution in [1.29, 1.82) is 0 Å². The van der Waals surface area contributed by atoms with Crippen molar-refractivity contribution in [2.45, 2.75) is 31.7 Å². The number of nitrogens with one attached hydrogen (secondary N) is 2. The van der Waals surface area contributed by atoms with Gasteiger partial charge in [-0.2, -0.15) is 0 Å². The molecule has 1 aromatic heterocycles. The average Bonchev–Trinajstić information content (AvgIpc) is 3.25. The van der Waals surface area contributed by atoms with Crippen molar-refractivity contribution in [2.75, 3.05) is 13.3 Å². The van der Waals surface area contributed by atoms with Crippen molar-refractivity contribution in [2.24, 2.45) is 0 Å². The Morgan fingerprint density at radius 1 is 1.08 bits per heavy atom. The summed E-state index contributed by atoms with van der Waals surface area (Å²) in [6, 6.07) is 14.9. The van der Waals surface area contributed by atoms with Crippen LogP contribution in [0, 0.1) is 0 Å². The lowest BCUT2D eigenvalue weighted by Gasteiger charge is -2.35. The van der Waals surface area contributed by atoms with Gasteiger partial charge in [0.2, 0.25) is 6.79 Å². The van der Waals surface area contributed by atoms with Crippen LogP contribution < -0.4 is 14.8 Å². The molecule has 2 aromatic carbocycles. The molecule has 2 N–H and O–H groups in total. The summed E-state index contributed by atoms with van der Waals surface area (Å²) in [5, 5.41) is 5.12. The number of aromatic nitrogens is 1. The van der Waals surface area contributed by atoms with Crippen molar-refractivity contribution in [3.8, 4) is 11.5 Å². The first kappa shape index (κ1) is 14.8. The molecule has 2 aliphatic heterocycles. The van der Waals surface area contributed by atoms with E-state index in [0.717, 1.165) is 37.3 Å². The summed E-state index contributed by atoms with van der Waals surface area (Å²) in [6.07, 6.45) is 3.11. The lowest BCUT2D eigenvalue weighted by Crippen LogP contribution is -2.45. The average molecular weight is 334 g/mol. The molecular formula is C21H22N2O2. The van der Waals surface area contributed by atoms with E-state index in [9.17, 15) is 0 Å². The fraction of sp³-hybridized carbons (Fsp3) is 0.333. The van der Waals surface area contributed by atoms with Crippen LogP contribution in [0.15, 0.2) is 42.5 Å². The maximum absolute atomic E-state index is 5.51. The highest BCUT2D eigenvalue weighted by Crippen LogP contribution is 2.37. The number of aryl methyl sites for hydroxylation is 1. The third kappa shape index (κ3) is 2.40. The molecule has 0 saturated heterocycles. The maximum Gasteiger partial charge on any atom is 0.231 e. The Balaban J connectivity index is 1.44. The van der Waals surface area contributed by atoms with Crippen molar-refractivity contribution in [3.05, 3.63) is 59.3 Å². The van der Waals surface area contributed by atoms with Crippen molar-refractivity contribution in [1.82, 2.24) is 10.3 Å². The zero-order valence-electron chi connectivity index (χ0n) is 14.4. The van der Waals surface area contributed by atoms with Crippen LogP contribution in [0.2, 0.25) is 0 Å². The molecule has 3 heterocycles. The molecule has 0 spiro atoms. The van der Waals surface area contributed by atoms with Crippen molar-refractivity contribution >= 4 is 10.9 Å². The third-order valence-corrected chi connectivity index (χ3v) is 5.61. The quantitative estimate of drug-likeness (QED) is 0.764. The molecule has 25 heavy (non-hydrogen) atoms. The Morgan fingerprint density at radius 2 is 1.96 bits per heavy atom. The van der Waals surface area contributed by atoms with Gasteiger partial charge in [-0.25, -0.2) is 0 Å². The molecule has 128 valence electrons. The number of para-hydroxylation sites is 1. The summed E-state index contributed by atoms with van der Waals surface area (Å²) in [7, 11) is 0. The number of hydrogen-bond acceptors (Lipinski definition) is 3. The van der Waals surface area contributed by atoms with E-state index in [1.54, 1.807) is 0 Å². The van der Waals surface area contributed by atoms with Crippen LogP contribution >= 0.6 is 0 Å². The topological polar surface area (TPSA) is 46.3 Å². The lowest BCUT2D eigenvalue weighted by atomic mass is 9.84. The largest absolute Gasteiger partial charge is 0.454 e. The van der Waals surface area contributed by atoms with Crippen LogP contribution in [0.3, 0.4) is 0 Å². The second-order valence-electron chi connectivity index (χ2n) is 7.22. The van der Waals surface area contributed by atoms with Crippen LogP contribution in [0.5, 0.6) is 11.5 Å². The first-order valence-electron chi connectivity index (χ1n) is 8.97. The SMILES string of the molecule is C[C@]1(CCc2ccc3c(c2)OCO3)NCCc2c1[nH]c1ccccc21. The molecule has 4 heteroatoms. The molecule has 0 aliphatic carbocycles.